The highest BCUT2D eigenvalue weighted by molar-refractivity contribution is 7.09. The molecule has 2 heterocycles. The van der Waals surface area contributed by atoms with Crippen LogP contribution in [-0.4, -0.2) is 41.1 Å². The number of carbonyl (C=O) groups is 1. The molecule has 1 N–H and O–H groups in total. The van der Waals surface area contributed by atoms with Gasteiger partial charge in [-0.05, 0) is 13.0 Å². The number of hydrogen-bond acceptors (Lipinski definition) is 5. The van der Waals surface area contributed by atoms with Crippen molar-refractivity contribution in [2.24, 2.45) is 0 Å². The van der Waals surface area contributed by atoms with Crippen LogP contribution in [0.25, 0.3) is 0 Å². The number of likely N-dealkylation sites (N-methyl/N-ethyl adjacent to an activating group) is 1. The van der Waals surface area contributed by atoms with Gasteiger partial charge in [-0.15, -0.1) is 11.3 Å². The maximum absolute atomic E-state index is 12.2. The summed E-state index contributed by atoms with van der Waals surface area (Å²) in [5, 5.41) is 5.79. The summed E-state index contributed by atoms with van der Waals surface area (Å²) in [5.74, 6) is 0.750. The first-order valence-electron chi connectivity index (χ1n) is 7.10. The minimum atomic E-state index is -0.172. The Kier molecular flexibility index (Phi) is 5.71. The number of nitrogens with one attached hydrogen (secondary N) is 1. The van der Waals surface area contributed by atoms with Crippen molar-refractivity contribution in [2.75, 3.05) is 25.5 Å². The van der Waals surface area contributed by atoms with E-state index in [1.54, 1.807) is 47.8 Å². The third-order valence-electron chi connectivity index (χ3n) is 3.05. The van der Waals surface area contributed by atoms with Gasteiger partial charge < -0.3 is 15.0 Å². The molecule has 2 amide bonds. The van der Waals surface area contributed by atoms with Gasteiger partial charge in [0, 0.05) is 37.2 Å². The summed E-state index contributed by atoms with van der Waals surface area (Å²) in [4.78, 5) is 22.2. The van der Waals surface area contributed by atoms with Crippen LogP contribution in [0.2, 0.25) is 0 Å². The van der Waals surface area contributed by atoms with Crippen molar-refractivity contribution in [1.82, 2.24) is 14.9 Å². The Morgan fingerprint density at radius 1 is 1.45 bits per heavy atom. The summed E-state index contributed by atoms with van der Waals surface area (Å²) in [5.41, 5.74) is 0.641. The maximum atomic E-state index is 12.2. The molecule has 22 heavy (non-hydrogen) atoms. The highest BCUT2D eigenvalue weighted by Gasteiger charge is 2.15. The second-order valence-corrected chi connectivity index (χ2v) is 5.83. The Morgan fingerprint density at radius 2 is 2.27 bits per heavy atom. The van der Waals surface area contributed by atoms with Crippen molar-refractivity contribution < 1.29 is 9.53 Å². The van der Waals surface area contributed by atoms with Gasteiger partial charge in [0.25, 0.3) is 0 Å². The van der Waals surface area contributed by atoms with Crippen LogP contribution in [0.15, 0.2) is 29.9 Å². The Bertz CT molecular complexity index is 586. The zero-order valence-electron chi connectivity index (χ0n) is 12.9. The SMILES string of the molecule is CCOc1ccc(NC(=O)N(C)C[C@@H](C)c2nccs2)cn1. The van der Waals surface area contributed by atoms with E-state index in [0.29, 0.717) is 24.7 Å². The molecule has 0 aliphatic heterocycles. The normalized spacial score (nSPS) is 11.8. The molecule has 0 aliphatic carbocycles. The lowest BCUT2D eigenvalue weighted by Crippen LogP contribution is -2.34. The predicted molar refractivity (Wildman–Crippen MR) is 87.6 cm³/mol. The van der Waals surface area contributed by atoms with E-state index < -0.39 is 0 Å². The average molecular weight is 320 g/mol. The van der Waals surface area contributed by atoms with E-state index in [1.165, 1.54) is 0 Å². The lowest BCUT2D eigenvalue weighted by atomic mass is 10.2. The average Bonchev–Trinajstić information content (AvgIpc) is 3.04. The standard InChI is InChI=1S/C15H20N4O2S/c1-4-21-13-6-5-12(9-17-13)18-15(20)19(3)10-11(2)14-16-7-8-22-14/h5-9,11H,4,10H2,1-3H3,(H,18,20)/t11-/m1/s1. The lowest BCUT2D eigenvalue weighted by molar-refractivity contribution is 0.220. The Balaban J connectivity index is 1.88. The second-order valence-electron chi connectivity index (χ2n) is 4.90. The van der Waals surface area contributed by atoms with Crippen LogP contribution in [-0.2, 0) is 0 Å². The topological polar surface area (TPSA) is 67.3 Å². The zero-order valence-corrected chi connectivity index (χ0v) is 13.8. The molecule has 0 fully saturated rings. The Labute approximate surface area is 134 Å². The fourth-order valence-corrected chi connectivity index (χ4v) is 2.65. The number of anilines is 1. The maximum Gasteiger partial charge on any atom is 0.321 e. The van der Waals surface area contributed by atoms with E-state index in [9.17, 15) is 4.79 Å². The van der Waals surface area contributed by atoms with Gasteiger partial charge in [-0.3, -0.25) is 0 Å². The van der Waals surface area contributed by atoms with E-state index in [2.05, 4.69) is 22.2 Å². The number of nitrogens with zero attached hydrogens (tertiary/aromatic N) is 3. The van der Waals surface area contributed by atoms with Crippen LogP contribution >= 0.6 is 11.3 Å². The molecule has 0 saturated heterocycles. The van der Waals surface area contributed by atoms with Gasteiger partial charge in [-0.2, -0.15) is 0 Å². The van der Waals surface area contributed by atoms with E-state index in [4.69, 9.17) is 4.74 Å². The summed E-state index contributed by atoms with van der Waals surface area (Å²) in [6, 6.07) is 3.33. The van der Waals surface area contributed by atoms with Crippen molar-refractivity contribution >= 4 is 23.1 Å². The highest BCUT2D eigenvalue weighted by Crippen LogP contribution is 2.19. The van der Waals surface area contributed by atoms with Crippen LogP contribution in [0, 0.1) is 0 Å². The van der Waals surface area contributed by atoms with Crippen LogP contribution in [0.1, 0.15) is 24.8 Å². The van der Waals surface area contributed by atoms with Crippen molar-refractivity contribution in [3.63, 3.8) is 0 Å². The number of carbonyl (C=O) groups excluding carboxylic acids is 1. The summed E-state index contributed by atoms with van der Waals surface area (Å²) in [7, 11) is 1.77. The molecule has 0 unspecified atom stereocenters. The van der Waals surface area contributed by atoms with E-state index >= 15 is 0 Å². The Hall–Kier alpha value is -2.15. The van der Waals surface area contributed by atoms with Crippen molar-refractivity contribution in [3.05, 3.63) is 34.9 Å². The molecule has 0 saturated carbocycles. The molecule has 2 rings (SSSR count). The molecule has 118 valence electrons. The second kappa shape index (κ2) is 7.74. The molecule has 0 spiro atoms. The van der Waals surface area contributed by atoms with E-state index in [1.807, 2.05) is 12.3 Å². The van der Waals surface area contributed by atoms with Crippen LogP contribution < -0.4 is 10.1 Å². The Morgan fingerprint density at radius 3 is 2.86 bits per heavy atom. The van der Waals surface area contributed by atoms with Gasteiger partial charge in [0.2, 0.25) is 5.88 Å². The number of pyridine rings is 1. The van der Waals surface area contributed by atoms with Crippen LogP contribution in [0.5, 0.6) is 5.88 Å². The monoisotopic (exact) mass is 320 g/mol. The molecule has 0 aromatic carbocycles. The minimum absolute atomic E-state index is 0.172. The molecule has 6 nitrogen and oxygen atoms in total. The van der Waals surface area contributed by atoms with Gasteiger partial charge in [0.1, 0.15) is 0 Å². The number of urea groups is 1. The fraction of sp³-hybridized carbons (Fsp3) is 0.400. The van der Waals surface area contributed by atoms with Gasteiger partial charge >= 0.3 is 6.03 Å². The first-order chi connectivity index (χ1) is 10.6. The summed E-state index contributed by atoms with van der Waals surface area (Å²) >= 11 is 1.60. The smallest absolute Gasteiger partial charge is 0.321 e. The number of hydrogen-bond donors (Lipinski definition) is 1. The summed E-state index contributed by atoms with van der Waals surface area (Å²) in [6.45, 7) is 5.12. The molecular weight excluding hydrogens is 300 g/mol. The predicted octanol–water partition coefficient (Wildman–Crippen LogP) is 3.20. The molecule has 1 atom stereocenters. The first-order valence-corrected chi connectivity index (χ1v) is 7.98. The number of ether oxygens (including phenoxy) is 1. The number of aromatic nitrogens is 2. The first kappa shape index (κ1) is 16.2. The van der Waals surface area contributed by atoms with Crippen molar-refractivity contribution in [2.45, 2.75) is 19.8 Å². The quantitative estimate of drug-likeness (QED) is 0.887. The molecule has 0 radical (unpaired) electrons. The third kappa shape index (κ3) is 4.42. The molecule has 7 heteroatoms. The van der Waals surface area contributed by atoms with Crippen molar-refractivity contribution in [1.29, 1.82) is 0 Å². The number of amides is 2. The van der Waals surface area contributed by atoms with Gasteiger partial charge in [0.15, 0.2) is 0 Å². The highest BCUT2D eigenvalue weighted by atomic mass is 32.1. The lowest BCUT2D eigenvalue weighted by Gasteiger charge is -2.21. The van der Waals surface area contributed by atoms with Gasteiger partial charge in [0.05, 0.1) is 23.5 Å². The summed E-state index contributed by atoms with van der Waals surface area (Å²) < 4.78 is 5.27. The number of thiazole rings is 1. The molecule has 2 aromatic heterocycles. The minimum Gasteiger partial charge on any atom is -0.478 e. The van der Waals surface area contributed by atoms with Crippen molar-refractivity contribution in [3.8, 4) is 5.88 Å². The van der Waals surface area contributed by atoms with Gasteiger partial charge in [-0.25, -0.2) is 14.8 Å². The number of rotatable bonds is 6. The van der Waals surface area contributed by atoms with E-state index in [-0.39, 0.29) is 11.9 Å². The summed E-state index contributed by atoms with van der Waals surface area (Å²) in [6.07, 6.45) is 3.36. The third-order valence-corrected chi connectivity index (χ3v) is 4.05. The molecular formula is C15H20N4O2S. The van der Waals surface area contributed by atoms with E-state index in [0.717, 1.165) is 5.01 Å². The molecule has 0 bridgehead atoms. The zero-order chi connectivity index (χ0) is 15.9. The van der Waals surface area contributed by atoms with Crippen LogP contribution in [0.3, 0.4) is 0 Å². The molecule has 0 aliphatic rings. The molecule has 2 aromatic rings. The van der Waals surface area contributed by atoms with Crippen LogP contribution in [0.4, 0.5) is 10.5 Å². The van der Waals surface area contributed by atoms with Gasteiger partial charge in [-0.1, -0.05) is 6.92 Å². The fourth-order valence-electron chi connectivity index (χ4n) is 1.96. The largest absolute Gasteiger partial charge is 0.478 e.